The molecule has 6 heteroatoms. The summed E-state index contributed by atoms with van der Waals surface area (Å²) in [5, 5.41) is 1.81. The van der Waals surface area contributed by atoms with Gasteiger partial charge in [-0.1, -0.05) is 30.3 Å². The number of aromatic nitrogens is 3. The fourth-order valence-corrected chi connectivity index (χ4v) is 4.30. The van der Waals surface area contributed by atoms with Gasteiger partial charge in [-0.25, -0.2) is 4.98 Å². The van der Waals surface area contributed by atoms with Crippen LogP contribution in [0.15, 0.2) is 78.0 Å². The van der Waals surface area contributed by atoms with Gasteiger partial charge >= 0.3 is 0 Å². The van der Waals surface area contributed by atoms with Crippen molar-refractivity contribution >= 4 is 27.5 Å². The van der Waals surface area contributed by atoms with Crippen LogP contribution in [-0.2, 0) is 13.0 Å². The van der Waals surface area contributed by atoms with Crippen molar-refractivity contribution in [1.82, 2.24) is 14.5 Å². The summed E-state index contributed by atoms with van der Waals surface area (Å²) in [6.45, 7) is 0.569. The molecular weight excluding hydrogens is 412 g/mol. The zero-order valence-corrected chi connectivity index (χ0v) is 19.0. The molecule has 2 aromatic heterocycles. The smallest absolute Gasteiger partial charge is 0.261 e. The molecule has 0 fully saturated rings. The highest BCUT2D eigenvalue weighted by atomic mass is 16.5. The van der Waals surface area contributed by atoms with Gasteiger partial charge in [-0.3, -0.25) is 9.36 Å². The summed E-state index contributed by atoms with van der Waals surface area (Å²) >= 11 is 0. The molecule has 0 aliphatic carbocycles. The molecule has 33 heavy (non-hydrogen) atoms. The van der Waals surface area contributed by atoms with E-state index in [1.54, 1.807) is 18.0 Å². The summed E-state index contributed by atoms with van der Waals surface area (Å²) in [6.07, 6.45) is 4.42. The average molecular weight is 439 g/mol. The van der Waals surface area contributed by atoms with Crippen molar-refractivity contribution in [3.63, 3.8) is 0 Å². The highest BCUT2D eigenvalue weighted by Gasteiger charge is 2.11. The summed E-state index contributed by atoms with van der Waals surface area (Å²) < 4.78 is 7.27. The third-order valence-corrected chi connectivity index (χ3v) is 6.12. The molecule has 2 heterocycles. The number of para-hydroxylation sites is 1. The predicted molar refractivity (Wildman–Crippen MR) is 134 cm³/mol. The van der Waals surface area contributed by atoms with Crippen LogP contribution in [0.25, 0.3) is 32.9 Å². The molecule has 0 amide bonds. The number of anilines is 1. The normalized spacial score (nSPS) is 11.2. The Balaban J connectivity index is 1.48. The number of H-pyrrole nitrogens is 1. The first-order chi connectivity index (χ1) is 16.0. The van der Waals surface area contributed by atoms with E-state index in [0.717, 1.165) is 34.5 Å². The van der Waals surface area contributed by atoms with Crippen molar-refractivity contribution < 1.29 is 4.74 Å². The Bertz CT molecular complexity index is 1510. The Morgan fingerprint density at radius 1 is 1.00 bits per heavy atom. The van der Waals surface area contributed by atoms with Crippen LogP contribution < -0.4 is 15.2 Å². The Morgan fingerprint density at radius 3 is 2.61 bits per heavy atom. The minimum absolute atomic E-state index is 0.0291. The molecule has 5 rings (SSSR count). The zero-order valence-electron chi connectivity index (χ0n) is 19.0. The van der Waals surface area contributed by atoms with E-state index in [9.17, 15) is 4.79 Å². The second kappa shape index (κ2) is 8.47. The van der Waals surface area contributed by atoms with Crippen molar-refractivity contribution in [1.29, 1.82) is 0 Å². The number of nitrogens with one attached hydrogen (secondary N) is 1. The average Bonchev–Trinajstić information content (AvgIpc) is 3.26. The summed E-state index contributed by atoms with van der Waals surface area (Å²) in [5.74, 6) is 0.792. The van der Waals surface area contributed by atoms with Crippen molar-refractivity contribution in [2.75, 3.05) is 26.1 Å². The Morgan fingerprint density at radius 2 is 1.79 bits per heavy atom. The minimum Gasteiger partial charge on any atom is -0.495 e. The van der Waals surface area contributed by atoms with Gasteiger partial charge in [-0.2, -0.15) is 0 Å². The van der Waals surface area contributed by atoms with E-state index in [0.29, 0.717) is 17.4 Å². The second-order valence-electron chi connectivity index (χ2n) is 8.37. The third-order valence-electron chi connectivity index (χ3n) is 6.12. The molecule has 3 aromatic carbocycles. The minimum atomic E-state index is -0.0291. The molecule has 0 saturated carbocycles. The largest absolute Gasteiger partial charge is 0.495 e. The van der Waals surface area contributed by atoms with Gasteiger partial charge in [-0.15, -0.1) is 0 Å². The number of hydrogen-bond donors (Lipinski definition) is 1. The van der Waals surface area contributed by atoms with Gasteiger partial charge in [-0.05, 0) is 53.4 Å². The van der Waals surface area contributed by atoms with Crippen molar-refractivity contribution in [3.05, 3.63) is 89.1 Å². The van der Waals surface area contributed by atoms with Gasteiger partial charge in [0.1, 0.15) is 5.75 Å². The standard InChI is InChI=1S/C27H26N4O2/c1-30(2)25-11-9-19(15-26(25)33-3)18-8-10-24-22(14-18)27(32)31(17-29-24)13-12-20-16-28-23-7-5-4-6-21(20)23/h4-11,14-17,28H,12-13H2,1-3H3. The highest BCUT2D eigenvalue weighted by molar-refractivity contribution is 5.85. The first kappa shape index (κ1) is 20.8. The zero-order chi connectivity index (χ0) is 22.9. The Labute approximate surface area is 192 Å². The summed E-state index contributed by atoms with van der Waals surface area (Å²) in [4.78, 5) is 23.1. The highest BCUT2D eigenvalue weighted by Crippen LogP contribution is 2.33. The van der Waals surface area contributed by atoms with E-state index in [-0.39, 0.29) is 5.56 Å². The maximum Gasteiger partial charge on any atom is 0.261 e. The lowest BCUT2D eigenvalue weighted by Crippen LogP contribution is -2.21. The lowest BCUT2D eigenvalue weighted by atomic mass is 10.0. The summed E-state index contributed by atoms with van der Waals surface area (Å²) in [7, 11) is 5.64. The van der Waals surface area contributed by atoms with E-state index in [2.05, 4.69) is 22.1 Å². The fraction of sp³-hybridized carbons (Fsp3) is 0.185. The Hall–Kier alpha value is -4.06. The van der Waals surface area contributed by atoms with Crippen LogP contribution in [0.3, 0.4) is 0 Å². The molecular formula is C27H26N4O2. The molecule has 0 saturated heterocycles. The molecule has 0 radical (unpaired) electrons. The number of aryl methyl sites for hydroxylation is 2. The molecule has 0 unspecified atom stereocenters. The van der Waals surface area contributed by atoms with Gasteiger partial charge in [0.15, 0.2) is 0 Å². The number of fused-ring (bicyclic) bond motifs is 2. The van der Waals surface area contributed by atoms with Crippen molar-refractivity contribution in [2.24, 2.45) is 0 Å². The van der Waals surface area contributed by atoms with Gasteiger partial charge in [0, 0.05) is 37.7 Å². The molecule has 166 valence electrons. The van der Waals surface area contributed by atoms with Crippen molar-refractivity contribution in [2.45, 2.75) is 13.0 Å². The van der Waals surface area contributed by atoms with Crippen LogP contribution in [0, 0.1) is 0 Å². The number of methoxy groups -OCH3 is 1. The van der Waals surface area contributed by atoms with Crippen LogP contribution in [0.1, 0.15) is 5.56 Å². The molecule has 0 bridgehead atoms. The number of nitrogens with zero attached hydrogens (tertiary/aromatic N) is 3. The SMILES string of the molecule is COc1cc(-c2ccc3ncn(CCc4c[nH]c5ccccc45)c(=O)c3c2)ccc1N(C)C. The van der Waals surface area contributed by atoms with Gasteiger partial charge in [0.2, 0.25) is 0 Å². The number of benzene rings is 3. The number of aromatic amines is 1. The maximum absolute atomic E-state index is 13.3. The lowest BCUT2D eigenvalue weighted by Gasteiger charge is -2.17. The summed E-state index contributed by atoms with van der Waals surface area (Å²) in [5.41, 5.74) is 5.93. The van der Waals surface area contributed by atoms with Crippen LogP contribution in [0.2, 0.25) is 0 Å². The molecule has 0 aliphatic rings. The fourth-order valence-electron chi connectivity index (χ4n) is 4.30. The van der Waals surface area contributed by atoms with Gasteiger partial charge < -0.3 is 14.6 Å². The predicted octanol–water partition coefficient (Wildman–Crippen LogP) is 4.86. The van der Waals surface area contributed by atoms with E-state index < -0.39 is 0 Å². The number of hydrogen-bond acceptors (Lipinski definition) is 4. The maximum atomic E-state index is 13.3. The van der Waals surface area contributed by atoms with Crippen LogP contribution in [0.4, 0.5) is 5.69 Å². The van der Waals surface area contributed by atoms with Crippen LogP contribution in [-0.4, -0.2) is 35.7 Å². The second-order valence-corrected chi connectivity index (χ2v) is 8.37. The van der Waals surface area contributed by atoms with E-state index in [1.807, 2.05) is 73.7 Å². The molecule has 0 aliphatic heterocycles. The first-order valence-electron chi connectivity index (χ1n) is 10.9. The summed E-state index contributed by atoms with van der Waals surface area (Å²) in [6, 6.07) is 20.1. The topological polar surface area (TPSA) is 63.2 Å². The van der Waals surface area contributed by atoms with E-state index in [4.69, 9.17) is 4.74 Å². The first-order valence-corrected chi connectivity index (χ1v) is 10.9. The van der Waals surface area contributed by atoms with E-state index >= 15 is 0 Å². The van der Waals surface area contributed by atoms with Crippen LogP contribution >= 0.6 is 0 Å². The molecule has 0 atom stereocenters. The van der Waals surface area contributed by atoms with Gasteiger partial charge in [0.25, 0.3) is 5.56 Å². The molecule has 6 nitrogen and oxygen atoms in total. The number of ether oxygens (including phenoxy) is 1. The molecule has 0 spiro atoms. The van der Waals surface area contributed by atoms with E-state index in [1.165, 1.54) is 10.9 Å². The molecule has 1 N–H and O–H groups in total. The van der Waals surface area contributed by atoms with Crippen LogP contribution in [0.5, 0.6) is 5.75 Å². The number of rotatable bonds is 6. The monoisotopic (exact) mass is 438 g/mol. The van der Waals surface area contributed by atoms with Crippen molar-refractivity contribution in [3.8, 4) is 16.9 Å². The molecule has 5 aromatic rings. The quantitative estimate of drug-likeness (QED) is 0.411. The Kier molecular flexibility index (Phi) is 5.34. The van der Waals surface area contributed by atoms with Gasteiger partial charge in [0.05, 0.1) is 30.0 Å². The third kappa shape index (κ3) is 3.84. The lowest BCUT2D eigenvalue weighted by molar-refractivity contribution is 0.415.